The Kier molecular flexibility index (Phi) is 4.01. The molecule has 1 amide bonds. The molecule has 0 unspecified atom stereocenters. The summed E-state index contributed by atoms with van der Waals surface area (Å²) in [6.07, 6.45) is 5.71. The lowest BCUT2D eigenvalue weighted by Crippen LogP contribution is -2.43. The van der Waals surface area contributed by atoms with Crippen LogP contribution in [0.3, 0.4) is 0 Å². The van der Waals surface area contributed by atoms with Crippen molar-refractivity contribution in [2.45, 2.75) is 45.3 Å². The summed E-state index contributed by atoms with van der Waals surface area (Å²) < 4.78 is 5.37. The molecular formula is C14H19N3O3. The first kappa shape index (κ1) is 14.4. The Balaban J connectivity index is 2.11. The number of esters is 1. The Morgan fingerprint density at radius 3 is 2.55 bits per heavy atom. The van der Waals surface area contributed by atoms with Crippen LogP contribution in [0.4, 0.5) is 0 Å². The van der Waals surface area contributed by atoms with E-state index >= 15 is 0 Å². The van der Waals surface area contributed by atoms with Crippen LogP contribution in [0.25, 0.3) is 0 Å². The average molecular weight is 277 g/mol. The monoisotopic (exact) mass is 277 g/mol. The highest BCUT2D eigenvalue weighted by atomic mass is 16.6. The van der Waals surface area contributed by atoms with Crippen LogP contribution >= 0.6 is 0 Å². The lowest BCUT2D eigenvalue weighted by atomic mass is 10.1. The second-order valence-electron chi connectivity index (χ2n) is 5.82. The van der Waals surface area contributed by atoms with Crippen molar-refractivity contribution in [1.82, 2.24) is 14.9 Å². The molecule has 1 fully saturated rings. The number of hydrogen-bond donors (Lipinski definition) is 0. The summed E-state index contributed by atoms with van der Waals surface area (Å²) in [4.78, 5) is 33.7. The number of amides is 1. The third-order valence-corrected chi connectivity index (χ3v) is 3.00. The normalized spacial score (nSPS) is 18.9. The van der Waals surface area contributed by atoms with Gasteiger partial charge in [0.05, 0.1) is 5.56 Å². The van der Waals surface area contributed by atoms with Crippen LogP contribution in [-0.4, -0.2) is 44.9 Å². The van der Waals surface area contributed by atoms with Gasteiger partial charge < -0.3 is 9.64 Å². The van der Waals surface area contributed by atoms with Crippen molar-refractivity contribution in [3.05, 3.63) is 24.3 Å². The molecule has 0 N–H and O–H groups in total. The third-order valence-electron chi connectivity index (χ3n) is 3.00. The van der Waals surface area contributed by atoms with E-state index in [2.05, 4.69) is 9.97 Å². The van der Waals surface area contributed by atoms with Crippen LogP contribution < -0.4 is 0 Å². The van der Waals surface area contributed by atoms with E-state index in [0.29, 0.717) is 18.5 Å². The van der Waals surface area contributed by atoms with E-state index in [1.54, 1.807) is 4.90 Å². The van der Waals surface area contributed by atoms with Gasteiger partial charge in [-0.05, 0) is 33.6 Å². The molecule has 2 heterocycles. The molecule has 1 aromatic heterocycles. The quantitative estimate of drug-likeness (QED) is 0.764. The first-order chi connectivity index (χ1) is 9.38. The van der Waals surface area contributed by atoms with Gasteiger partial charge in [0.15, 0.2) is 0 Å². The molecule has 1 saturated heterocycles. The van der Waals surface area contributed by atoms with Crippen LogP contribution in [0.2, 0.25) is 0 Å². The number of likely N-dealkylation sites (tertiary alicyclic amines) is 1. The fourth-order valence-corrected chi connectivity index (χ4v) is 2.20. The fourth-order valence-electron chi connectivity index (χ4n) is 2.20. The summed E-state index contributed by atoms with van der Waals surface area (Å²) in [6.45, 7) is 6.00. The summed E-state index contributed by atoms with van der Waals surface area (Å²) in [7, 11) is 0. The molecule has 1 aliphatic heterocycles. The summed E-state index contributed by atoms with van der Waals surface area (Å²) in [5, 5.41) is 0. The van der Waals surface area contributed by atoms with Crippen molar-refractivity contribution in [3.8, 4) is 0 Å². The number of carbonyl (C=O) groups is 2. The number of ether oxygens (including phenoxy) is 1. The lowest BCUT2D eigenvalue weighted by Gasteiger charge is -2.27. The van der Waals surface area contributed by atoms with E-state index in [1.165, 1.54) is 18.7 Å². The fraction of sp³-hybridized carbons (Fsp3) is 0.571. The van der Waals surface area contributed by atoms with Crippen molar-refractivity contribution < 1.29 is 14.3 Å². The smallest absolute Gasteiger partial charge is 0.329 e. The molecule has 0 aromatic carbocycles. The highest BCUT2D eigenvalue weighted by Crippen LogP contribution is 2.22. The molecule has 6 nitrogen and oxygen atoms in total. The van der Waals surface area contributed by atoms with E-state index < -0.39 is 11.6 Å². The van der Waals surface area contributed by atoms with E-state index in [9.17, 15) is 9.59 Å². The van der Waals surface area contributed by atoms with Crippen molar-refractivity contribution in [1.29, 1.82) is 0 Å². The van der Waals surface area contributed by atoms with Crippen LogP contribution in [0.5, 0.6) is 0 Å². The molecule has 20 heavy (non-hydrogen) atoms. The number of nitrogens with zero attached hydrogens (tertiary/aromatic N) is 3. The molecule has 6 heteroatoms. The van der Waals surface area contributed by atoms with Gasteiger partial charge >= 0.3 is 5.97 Å². The highest BCUT2D eigenvalue weighted by Gasteiger charge is 2.37. The predicted octanol–water partition coefficient (Wildman–Crippen LogP) is 1.42. The molecule has 1 aromatic rings. The topological polar surface area (TPSA) is 72.4 Å². The summed E-state index contributed by atoms with van der Waals surface area (Å²) in [5.74, 6) is -0.570. The molecule has 2 rings (SSSR count). The van der Waals surface area contributed by atoms with Crippen molar-refractivity contribution in [3.63, 3.8) is 0 Å². The molecule has 108 valence electrons. The number of hydrogen-bond acceptors (Lipinski definition) is 5. The van der Waals surface area contributed by atoms with Crippen LogP contribution in [0, 0.1) is 0 Å². The highest BCUT2D eigenvalue weighted by molar-refractivity contribution is 5.96. The second-order valence-corrected chi connectivity index (χ2v) is 5.82. The summed E-state index contributed by atoms with van der Waals surface area (Å²) >= 11 is 0. The van der Waals surface area contributed by atoms with Gasteiger partial charge in [0.25, 0.3) is 5.91 Å². The van der Waals surface area contributed by atoms with Crippen LogP contribution in [-0.2, 0) is 9.53 Å². The minimum atomic E-state index is -0.551. The standard InChI is InChI=1S/C14H19N3O3/c1-14(2,3)20-13(19)11-5-4-6-17(11)12(18)10-7-15-9-16-8-10/h7-9,11H,4-6H2,1-3H3/t11-/m1/s1. The van der Waals surface area contributed by atoms with Crippen LogP contribution in [0.1, 0.15) is 44.0 Å². The minimum Gasteiger partial charge on any atom is -0.458 e. The maximum absolute atomic E-state index is 12.4. The molecule has 1 atom stereocenters. The average Bonchev–Trinajstić information content (AvgIpc) is 2.86. The maximum Gasteiger partial charge on any atom is 0.329 e. The maximum atomic E-state index is 12.4. The van der Waals surface area contributed by atoms with Gasteiger partial charge in [-0.3, -0.25) is 4.79 Å². The Morgan fingerprint density at radius 1 is 1.30 bits per heavy atom. The SMILES string of the molecule is CC(C)(C)OC(=O)[C@H]1CCCN1C(=O)c1cncnc1. The third kappa shape index (κ3) is 3.31. The molecule has 0 radical (unpaired) electrons. The van der Waals surface area contributed by atoms with Gasteiger partial charge in [0.1, 0.15) is 18.0 Å². The second kappa shape index (κ2) is 5.56. The largest absolute Gasteiger partial charge is 0.458 e. The van der Waals surface area contributed by atoms with Gasteiger partial charge in [-0.15, -0.1) is 0 Å². The summed E-state index contributed by atoms with van der Waals surface area (Å²) in [5.41, 5.74) is -0.160. The van der Waals surface area contributed by atoms with Gasteiger partial charge in [-0.1, -0.05) is 0 Å². The zero-order valence-electron chi connectivity index (χ0n) is 12.0. The zero-order chi connectivity index (χ0) is 14.8. The molecule has 0 spiro atoms. The van der Waals surface area contributed by atoms with Gasteiger partial charge in [0, 0.05) is 18.9 Å². The summed E-state index contributed by atoms with van der Waals surface area (Å²) in [6, 6.07) is -0.512. The predicted molar refractivity (Wildman–Crippen MR) is 71.9 cm³/mol. The van der Waals surface area contributed by atoms with E-state index in [-0.39, 0.29) is 11.9 Å². The number of carbonyl (C=O) groups excluding carboxylic acids is 2. The zero-order valence-corrected chi connectivity index (χ0v) is 12.0. The molecule has 1 aliphatic rings. The first-order valence-corrected chi connectivity index (χ1v) is 6.67. The van der Waals surface area contributed by atoms with Gasteiger partial charge in [-0.25, -0.2) is 14.8 Å². The number of rotatable bonds is 2. The molecular weight excluding hydrogens is 258 g/mol. The molecule has 0 aliphatic carbocycles. The Labute approximate surface area is 118 Å². The Morgan fingerprint density at radius 2 is 1.95 bits per heavy atom. The molecule has 0 bridgehead atoms. The van der Waals surface area contributed by atoms with Crippen molar-refractivity contribution in [2.24, 2.45) is 0 Å². The van der Waals surface area contributed by atoms with E-state index in [4.69, 9.17) is 4.74 Å². The van der Waals surface area contributed by atoms with Crippen molar-refractivity contribution >= 4 is 11.9 Å². The number of aromatic nitrogens is 2. The minimum absolute atomic E-state index is 0.223. The van der Waals surface area contributed by atoms with Crippen LogP contribution in [0.15, 0.2) is 18.7 Å². The Bertz CT molecular complexity index is 496. The van der Waals surface area contributed by atoms with E-state index in [0.717, 1.165) is 6.42 Å². The first-order valence-electron chi connectivity index (χ1n) is 6.67. The van der Waals surface area contributed by atoms with Gasteiger partial charge in [0.2, 0.25) is 0 Å². The molecule has 0 saturated carbocycles. The van der Waals surface area contributed by atoms with Gasteiger partial charge in [-0.2, -0.15) is 0 Å². The van der Waals surface area contributed by atoms with Crippen molar-refractivity contribution in [2.75, 3.05) is 6.54 Å². The Hall–Kier alpha value is -1.98. The lowest BCUT2D eigenvalue weighted by molar-refractivity contribution is -0.159. The van der Waals surface area contributed by atoms with E-state index in [1.807, 2.05) is 20.8 Å².